The highest BCUT2D eigenvalue weighted by atomic mass is 16.3. The van der Waals surface area contributed by atoms with Crippen molar-refractivity contribution >= 4 is 0 Å². The fourth-order valence-corrected chi connectivity index (χ4v) is 1.78. The van der Waals surface area contributed by atoms with Gasteiger partial charge in [0.1, 0.15) is 0 Å². The van der Waals surface area contributed by atoms with Crippen LogP contribution in [0.1, 0.15) is 16.7 Å². The van der Waals surface area contributed by atoms with Crippen LogP contribution in [0.2, 0.25) is 0 Å². The predicted octanol–water partition coefficient (Wildman–Crippen LogP) is 1.47. The first-order chi connectivity index (χ1) is 8.78. The van der Waals surface area contributed by atoms with Crippen LogP contribution < -0.4 is 5.32 Å². The van der Waals surface area contributed by atoms with Crippen molar-refractivity contribution in [3.05, 3.63) is 53.3 Å². The highest BCUT2D eigenvalue weighted by Crippen LogP contribution is 2.03. The van der Waals surface area contributed by atoms with Crippen LogP contribution in [0.25, 0.3) is 0 Å². The Morgan fingerprint density at radius 1 is 1.22 bits per heavy atom. The molecule has 4 nitrogen and oxygen atoms in total. The Kier molecular flexibility index (Phi) is 4.50. The monoisotopic (exact) mass is 245 g/mol. The van der Waals surface area contributed by atoms with E-state index in [1.165, 1.54) is 11.1 Å². The van der Waals surface area contributed by atoms with Crippen molar-refractivity contribution in [3.63, 3.8) is 0 Å². The second-order valence-electron chi connectivity index (χ2n) is 4.43. The Labute approximate surface area is 107 Å². The fourth-order valence-electron chi connectivity index (χ4n) is 1.78. The van der Waals surface area contributed by atoms with E-state index in [4.69, 9.17) is 5.11 Å². The van der Waals surface area contributed by atoms with Crippen molar-refractivity contribution in [1.82, 2.24) is 15.1 Å². The van der Waals surface area contributed by atoms with Crippen molar-refractivity contribution in [2.45, 2.75) is 26.6 Å². The smallest absolute Gasteiger partial charge is 0.0681 e. The molecule has 0 aliphatic rings. The van der Waals surface area contributed by atoms with Crippen molar-refractivity contribution in [2.75, 3.05) is 6.54 Å². The molecule has 0 bridgehead atoms. The summed E-state index contributed by atoms with van der Waals surface area (Å²) in [7, 11) is 0. The van der Waals surface area contributed by atoms with E-state index in [-0.39, 0.29) is 6.61 Å². The molecule has 0 fully saturated rings. The van der Waals surface area contributed by atoms with Gasteiger partial charge in [0.15, 0.2) is 0 Å². The molecule has 2 aromatic rings. The molecule has 1 aromatic heterocycles. The van der Waals surface area contributed by atoms with Crippen LogP contribution in [-0.4, -0.2) is 21.4 Å². The number of rotatable bonds is 6. The molecule has 0 unspecified atom stereocenters. The van der Waals surface area contributed by atoms with Gasteiger partial charge in [-0.3, -0.25) is 4.68 Å². The van der Waals surface area contributed by atoms with Crippen LogP contribution >= 0.6 is 0 Å². The second-order valence-corrected chi connectivity index (χ2v) is 4.43. The number of aryl methyl sites for hydroxylation is 1. The van der Waals surface area contributed by atoms with E-state index in [1.807, 2.05) is 48.3 Å². The molecule has 1 heterocycles. The molecule has 18 heavy (non-hydrogen) atoms. The maximum absolute atomic E-state index is 8.95. The highest BCUT2D eigenvalue weighted by Gasteiger charge is 1.96. The van der Waals surface area contributed by atoms with Gasteiger partial charge in [-0.25, -0.2) is 0 Å². The van der Waals surface area contributed by atoms with Crippen LogP contribution in [-0.2, 0) is 19.7 Å². The highest BCUT2D eigenvalue weighted by molar-refractivity contribution is 5.21. The van der Waals surface area contributed by atoms with Crippen LogP contribution in [0, 0.1) is 6.92 Å². The van der Waals surface area contributed by atoms with Crippen LogP contribution in [0.4, 0.5) is 0 Å². The molecule has 0 saturated heterocycles. The lowest BCUT2D eigenvalue weighted by atomic mass is 10.1. The minimum absolute atomic E-state index is 0.104. The summed E-state index contributed by atoms with van der Waals surface area (Å²) >= 11 is 0. The van der Waals surface area contributed by atoms with E-state index in [0.29, 0.717) is 0 Å². The Morgan fingerprint density at radius 3 is 2.56 bits per heavy atom. The number of aliphatic hydroxyl groups excluding tert-OH is 1. The Bertz CT molecular complexity index is 476. The number of hydrogen-bond donors (Lipinski definition) is 2. The quantitative estimate of drug-likeness (QED) is 0.758. The summed E-state index contributed by atoms with van der Waals surface area (Å²) in [5, 5.41) is 16.6. The first-order valence-electron chi connectivity index (χ1n) is 6.16. The summed E-state index contributed by atoms with van der Waals surface area (Å²) in [6.07, 6.45) is 3.91. The summed E-state index contributed by atoms with van der Waals surface area (Å²) in [6, 6.07) is 7.98. The van der Waals surface area contributed by atoms with E-state index in [0.717, 1.165) is 25.2 Å². The number of nitrogens with one attached hydrogen (secondary N) is 1. The second kappa shape index (κ2) is 6.33. The molecule has 0 spiro atoms. The molecule has 0 aliphatic carbocycles. The summed E-state index contributed by atoms with van der Waals surface area (Å²) in [5.74, 6) is 0. The molecule has 0 atom stereocenters. The zero-order chi connectivity index (χ0) is 12.8. The average molecular weight is 245 g/mol. The molecule has 1 aromatic carbocycles. The maximum atomic E-state index is 8.95. The Morgan fingerprint density at radius 2 is 1.94 bits per heavy atom. The summed E-state index contributed by atoms with van der Waals surface area (Å²) in [4.78, 5) is 0. The lowest BCUT2D eigenvalue weighted by Crippen LogP contribution is -2.19. The summed E-state index contributed by atoms with van der Waals surface area (Å²) in [6.45, 7) is 4.75. The third kappa shape index (κ3) is 3.68. The maximum Gasteiger partial charge on any atom is 0.0681 e. The van der Waals surface area contributed by atoms with Gasteiger partial charge in [0.25, 0.3) is 0 Å². The van der Waals surface area contributed by atoms with Gasteiger partial charge >= 0.3 is 0 Å². The van der Waals surface area contributed by atoms with E-state index in [9.17, 15) is 0 Å². The average Bonchev–Trinajstić information content (AvgIpc) is 2.81. The van der Waals surface area contributed by atoms with E-state index < -0.39 is 0 Å². The van der Waals surface area contributed by atoms with Crippen LogP contribution in [0.5, 0.6) is 0 Å². The normalized spacial score (nSPS) is 10.8. The molecule has 2 rings (SSSR count). The van der Waals surface area contributed by atoms with Gasteiger partial charge < -0.3 is 10.4 Å². The van der Waals surface area contributed by atoms with Gasteiger partial charge in [-0.2, -0.15) is 5.10 Å². The number of aromatic nitrogens is 2. The molecule has 0 amide bonds. The zero-order valence-corrected chi connectivity index (χ0v) is 10.6. The molecule has 0 aliphatic heterocycles. The zero-order valence-electron chi connectivity index (χ0n) is 10.6. The van der Waals surface area contributed by atoms with E-state index in [1.54, 1.807) is 0 Å². The predicted molar refractivity (Wildman–Crippen MR) is 71.0 cm³/mol. The number of aliphatic hydroxyl groups is 1. The van der Waals surface area contributed by atoms with Crippen LogP contribution in [0.3, 0.4) is 0 Å². The molecule has 2 N–H and O–H groups in total. The molecule has 96 valence electrons. The fraction of sp³-hybridized carbons (Fsp3) is 0.357. The van der Waals surface area contributed by atoms with Gasteiger partial charge in [0.2, 0.25) is 0 Å². The van der Waals surface area contributed by atoms with E-state index in [2.05, 4.69) is 10.4 Å². The van der Waals surface area contributed by atoms with Gasteiger partial charge in [0.05, 0.1) is 19.3 Å². The number of nitrogens with zero attached hydrogens (tertiary/aromatic N) is 2. The van der Waals surface area contributed by atoms with Crippen LogP contribution in [0.15, 0.2) is 36.7 Å². The minimum atomic E-state index is 0.104. The van der Waals surface area contributed by atoms with Crippen molar-refractivity contribution in [1.29, 1.82) is 0 Å². The van der Waals surface area contributed by atoms with E-state index >= 15 is 0 Å². The standard InChI is InChI=1S/C14H19N3O/c1-12-8-16-17(10-12)7-6-15-9-13-2-4-14(11-18)5-3-13/h2-5,8,10,15,18H,6-7,9,11H2,1H3. The topological polar surface area (TPSA) is 50.1 Å². The first-order valence-corrected chi connectivity index (χ1v) is 6.16. The minimum Gasteiger partial charge on any atom is -0.392 e. The van der Waals surface area contributed by atoms with Gasteiger partial charge in [-0.15, -0.1) is 0 Å². The third-order valence-electron chi connectivity index (χ3n) is 2.81. The van der Waals surface area contributed by atoms with Crippen molar-refractivity contribution in [2.24, 2.45) is 0 Å². The lowest BCUT2D eigenvalue weighted by Gasteiger charge is -2.06. The van der Waals surface area contributed by atoms with Gasteiger partial charge in [-0.1, -0.05) is 24.3 Å². The van der Waals surface area contributed by atoms with Crippen molar-refractivity contribution in [3.8, 4) is 0 Å². The Hall–Kier alpha value is -1.65. The molecule has 0 saturated carbocycles. The van der Waals surface area contributed by atoms with Gasteiger partial charge in [-0.05, 0) is 23.6 Å². The SMILES string of the molecule is Cc1cnn(CCNCc2ccc(CO)cc2)c1. The number of hydrogen-bond acceptors (Lipinski definition) is 3. The molecular formula is C14H19N3O. The lowest BCUT2D eigenvalue weighted by molar-refractivity contribution is 0.282. The summed E-state index contributed by atoms with van der Waals surface area (Å²) in [5.41, 5.74) is 3.37. The van der Waals surface area contributed by atoms with Crippen molar-refractivity contribution < 1.29 is 5.11 Å². The third-order valence-corrected chi connectivity index (χ3v) is 2.81. The molecular weight excluding hydrogens is 226 g/mol. The number of benzene rings is 1. The molecule has 0 radical (unpaired) electrons. The first kappa shape index (κ1) is 12.8. The molecule has 4 heteroatoms. The van der Waals surface area contributed by atoms with Gasteiger partial charge in [0, 0.05) is 19.3 Å². The Balaban J connectivity index is 1.71. The largest absolute Gasteiger partial charge is 0.392 e. The summed E-state index contributed by atoms with van der Waals surface area (Å²) < 4.78 is 1.94.